The molecule has 0 atom stereocenters. The molecule has 0 saturated carbocycles. The summed E-state index contributed by atoms with van der Waals surface area (Å²) in [6, 6.07) is 15.5. The zero-order chi connectivity index (χ0) is 16.1. The molecule has 5 nitrogen and oxygen atoms in total. The van der Waals surface area contributed by atoms with Gasteiger partial charge < -0.3 is 5.32 Å². The Balaban J connectivity index is 1.68. The summed E-state index contributed by atoms with van der Waals surface area (Å²) in [7, 11) is 0. The maximum Gasteiger partial charge on any atom is 0.184 e. The lowest BCUT2D eigenvalue weighted by molar-refractivity contribution is 0.0968. The van der Waals surface area contributed by atoms with Crippen LogP contribution in [-0.2, 0) is 13.0 Å². The molecule has 0 fully saturated rings. The highest BCUT2D eigenvalue weighted by molar-refractivity contribution is 5.96. The lowest BCUT2D eigenvalue weighted by atomic mass is 10.1. The number of hydrogen-bond acceptors (Lipinski definition) is 4. The minimum atomic E-state index is 0.0406. The van der Waals surface area contributed by atoms with Crippen molar-refractivity contribution < 1.29 is 4.79 Å². The molecule has 23 heavy (non-hydrogen) atoms. The van der Waals surface area contributed by atoms with E-state index < -0.39 is 0 Å². The monoisotopic (exact) mass is 308 g/mol. The van der Waals surface area contributed by atoms with Gasteiger partial charge in [-0.2, -0.15) is 0 Å². The maximum absolute atomic E-state index is 12.4. The summed E-state index contributed by atoms with van der Waals surface area (Å²) in [5, 5.41) is 11.4. The molecular formula is C18H20N4O. The third-order valence-electron chi connectivity index (χ3n) is 3.83. The first-order valence-corrected chi connectivity index (χ1v) is 7.89. The normalized spacial score (nSPS) is 11.0. The van der Waals surface area contributed by atoms with Gasteiger partial charge in [-0.15, -0.1) is 5.10 Å². The van der Waals surface area contributed by atoms with E-state index in [1.54, 1.807) is 4.68 Å². The molecule has 3 aromatic rings. The summed E-state index contributed by atoms with van der Waals surface area (Å²) < 4.78 is 1.65. The third kappa shape index (κ3) is 3.63. The Morgan fingerprint density at radius 2 is 1.91 bits per heavy atom. The fraction of sp³-hybridized carbons (Fsp3) is 0.278. The van der Waals surface area contributed by atoms with Crippen molar-refractivity contribution in [3.05, 3.63) is 59.7 Å². The molecule has 0 spiro atoms. The Morgan fingerprint density at radius 1 is 1.13 bits per heavy atom. The van der Waals surface area contributed by atoms with Crippen LogP contribution in [0.2, 0.25) is 0 Å². The van der Waals surface area contributed by atoms with Crippen molar-refractivity contribution >= 4 is 16.8 Å². The van der Waals surface area contributed by atoms with Crippen molar-refractivity contribution in [2.75, 3.05) is 13.1 Å². The number of hydrogen-bond donors (Lipinski definition) is 1. The van der Waals surface area contributed by atoms with Crippen LogP contribution >= 0.6 is 0 Å². The minimum Gasteiger partial charge on any atom is -0.317 e. The molecule has 0 unspecified atom stereocenters. The predicted octanol–water partition coefficient (Wildman–Crippen LogP) is 2.47. The molecule has 1 heterocycles. The largest absolute Gasteiger partial charge is 0.317 e. The van der Waals surface area contributed by atoms with Gasteiger partial charge in [0.1, 0.15) is 12.1 Å². The Kier molecular flexibility index (Phi) is 4.78. The molecule has 2 aromatic carbocycles. The first kappa shape index (κ1) is 15.4. The van der Waals surface area contributed by atoms with Crippen LogP contribution in [0, 0.1) is 0 Å². The number of nitrogens with zero attached hydrogens (tertiary/aromatic N) is 3. The topological polar surface area (TPSA) is 59.8 Å². The van der Waals surface area contributed by atoms with E-state index in [2.05, 4.69) is 22.6 Å². The summed E-state index contributed by atoms with van der Waals surface area (Å²) in [5.74, 6) is 0.0406. The lowest BCUT2D eigenvalue weighted by Crippen LogP contribution is -2.16. The molecule has 0 radical (unpaired) electrons. The number of ketones is 1. The minimum absolute atomic E-state index is 0.0406. The zero-order valence-electron chi connectivity index (χ0n) is 13.2. The standard InChI is InChI=1S/C18H20N4O/c1-2-19-12-11-14-7-9-15(10-8-14)18(23)13-22-17-6-4-3-5-16(17)20-21-22/h3-10,19H,2,11-13H2,1H3. The van der Waals surface area contributed by atoms with Crippen molar-refractivity contribution in [1.82, 2.24) is 20.3 Å². The number of Topliss-reactive ketones (excluding diaryl/α,β-unsaturated/α-hetero) is 1. The number of aromatic nitrogens is 3. The molecule has 0 aliphatic carbocycles. The molecule has 0 aliphatic heterocycles. The smallest absolute Gasteiger partial charge is 0.184 e. The Morgan fingerprint density at radius 3 is 2.70 bits per heavy atom. The van der Waals surface area contributed by atoms with Gasteiger partial charge in [0.15, 0.2) is 5.78 Å². The SMILES string of the molecule is CCNCCc1ccc(C(=O)Cn2nnc3ccccc32)cc1. The first-order valence-electron chi connectivity index (χ1n) is 7.89. The van der Waals surface area contributed by atoms with Gasteiger partial charge in [-0.3, -0.25) is 4.79 Å². The van der Waals surface area contributed by atoms with Crippen LogP contribution in [0.15, 0.2) is 48.5 Å². The van der Waals surface area contributed by atoms with E-state index in [4.69, 9.17) is 0 Å². The predicted molar refractivity (Wildman–Crippen MR) is 90.5 cm³/mol. The number of benzene rings is 2. The summed E-state index contributed by atoms with van der Waals surface area (Å²) in [6.07, 6.45) is 0.968. The van der Waals surface area contributed by atoms with Gasteiger partial charge in [-0.25, -0.2) is 4.68 Å². The van der Waals surface area contributed by atoms with Gasteiger partial charge in [-0.1, -0.05) is 48.5 Å². The molecular weight excluding hydrogens is 288 g/mol. The van der Waals surface area contributed by atoms with Crippen LogP contribution in [0.25, 0.3) is 11.0 Å². The van der Waals surface area contributed by atoms with Gasteiger partial charge >= 0.3 is 0 Å². The Bertz CT molecular complexity index is 792. The van der Waals surface area contributed by atoms with E-state index in [1.807, 2.05) is 48.5 Å². The van der Waals surface area contributed by atoms with Gasteiger partial charge in [0.05, 0.1) is 5.52 Å². The van der Waals surface area contributed by atoms with E-state index in [0.717, 1.165) is 30.5 Å². The molecule has 0 bridgehead atoms. The average Bonchev–Trinajstić information content (AvgIpc) is 2.99. The highest BCUT2D eigenvalue weighted by Gasteiger charge is 2.10. The third-order valence-corrected chi connectivity index (χ3v) is 3.83. The number of fused-ring (bicyclic) bond motifs is 1. The molecule has 0 amide bonds. The molecule has 1 aromatic heterocycles. The van der Waals surface area contributed by atoms with Crippen molar-refractivity contribution in [2.45, 2.75) is 19.9 Å². The quantitative estimate of drug-likeness (QED) is 0.538. The average molecular weight is 308 g/mol. The Hall–Kier alpha value is -2.53. The molecule has 5 heteroatoms. The first-order chi connectivity index (χ1) is 11.3. The zero-order valence-corrected chi connectivity index (χ0v) is 13.2. The highest BCUT2D eigenvalue weighted by Crippen LogP contribution is 2.12. The second-order valence-corrected chi connectivity index (χ2v) is 5.46. The van der Waals surface area contributed by atoms with Crippen molar-refractivity contribution in [3.63, 3.8) is 0 Å². The number of likely N-dealkylation sites (N-methyl/N-ethyl adjacent to an activating group) is 1. The lowest BCUT2D eigenvalue weighted by Gasteiger charge is -2.05. The molecule has 118 valence electrons. The van der Waals surface area contributed by atoms with E-state index in [-0.39, 0.29) is 12.3 Å². The van der Waals surface area contributed by atoms with Crippen molar-refractivity contribution in [3.8, 4) is 0 Å². The van der Waals surface area contributed by atoms with Crippen LogP contribution < -0.4 is 5.32 Å². The van der Waals surface area contributed by atoms with E-state index in [1.165, 1.54) is 5.56 Å². The fourth-order valence-corrected chi connectivity index (χ4v) is 2.53. The van der Waals surface area contributed by atoms with Crippen LogP contribution in [0.4, 0.5) is 0 Å². The summed E-state index contributed by atoms with van der Waals surface area (Å²) in [5.41, 5.74) is 3.62. The summed E-state index contributed by atoms with van der Waals surface area (Å²) >= 11 is 0. The molecule has 0 saturated heterocycles. The number of para-hydroxylation sites is 1. The molecule has 0 aliphatic rings. The van der Waals surface area contributed by atoms with Crippen molar-refractivity contribution in [1.29, 1.82) is 0 Å². The summed E-state index contributed by atoms with van der Waals surface area (Å²) in [6.45, 7) is 4.23. The van der Waals surface area contributed by atoms with E-state index in [9.17, 15) is 4.79 Å². The summed E-state index contributed by atoms with van der Waals surface area (Å²) in [4.78, 5) is 12.4. The van der Waals surface area contributed by atoms with E-state index >= 15 is 0 Å². The molecule has 1 N–H and O–H groups in total. The van der Waals surface area contributed by atoms with Gasteiger partial charge in [0.2, 0.25) is 0 Å². The van der Waals surface area contributed by atoms with Gasteiger partial charge in [0.25, 0.3) is 0 Å². The van der Waals surface area contributed by atoms with Crippen LogP contribution in [0.5, 0.6) is 0 Å². The molecule has 3 rings (SSSR count). The second-order valence-electron chi connectivity index (χ2n) is 5.46. The van der Waals surface area contributed by atoms with E-state index in [0.29, 0.717) is 5.56 Å². The highest BCUT2D eigenvalue weighted by atomic mass is 16.1. The van der Waals surface area contributed by atoms with Crippen LogP contribution in [-0.4, -0.2) is 33.9 Å². The van der Waals surface area contributed by atoms with Crippen molar-refractivity contribution in [2.24, 2.45) is 0 Å². The van der Waals surface area contributed by atoms with Gasteiger partial charge in [0, 0.05) is 5.56 Å². The number of rotatable bonds is 7. The van der Waals surface area contributed by atoms with Gasteiger partial charge in [-0.05, 0) is 37.2 Å². The Labute approximate surface area is 135 Å². The maximum atomic E-state index is 12.4. The fourth-order valence-electron chi connectivity index (χ4n) is 2.53. The number of carbonyl (C=O) groups excluding carboxylic acids is 1. The number of carbonyl (C=O) groups is 1. The van der Waals surface area contributed by atoms with Crippen LogP contribution in [0.3, 0.4) is 0 Å². The number of nitrogens with one attached hydrogen (secondary N) is 1. The van der Waals surface area contributed by atoms with Crippen LogP contribution in [0.1, 0.15) is 22.8 Å². The second kappa shape index (κ2) is 7.15.